The second-order valence-corrected chi connectivity index (χ2v) is 9.80. The number of rotatable bonds is 12. The van der Waals surface area contributed by atoms with Gasteiger partial charge in [-0.1, -0.05) is 121 Å². The molecule has 1 aliphatic rings. The smallest absolute Gasteiger partial charge is 0.271 e. The van der Waals surface area contributed by atoms with Crippen LogP contribution in [0.15, 0.2) is 121 Å². The van der Waals surface area contributed by atoms with Crippen LogP contribution in [0, 0.1) is 10.1 Å². The Morgan fingerprint density at radius 2 is 1.07 bits per heavy atom. The summed E-state index contributed by atoms with van der Waals surface area (Å²) in [6, 6.07) is 37.3. The molecule has 7 nitrogen and oxygen atoms in total. The first kappa shape index (κ1) is 27.7. The third-order valence-electron chi connectivity index (χ3n) is 6.99. The summed E-state index contributed by atoms with van der Waals surface area (Å²) in [5.74, 6) is 0. The van der Waals surface area contributed by atoms with Crippen LogP contribution in [0.2, 0.25) is 0 Å². The number of nitro groups is 1. The SMILES string of the molecule is O=[N+]([O-])[C@@H]1[C@@H](OCc2ccccc2)[C@@H](OCc2ccccc2)[C@@H](COCc2ccccc2)O[C@@H]1c1ccccc1. The Hall–Kier alpha value is -3.88. The van der Waals surface area contributed by atoms with Crippen molar-refractivity contribution in [2.24, 2.45) is 0 Å². The van der Waals surface area contributed by atoms with Crippen LogP contribution < -0.4 is 0 Å². The normalized spacial score (nSPS) is 22.6. The van der Waals surface area contributed by atoms with E-state index < -0.39 is 30.5 Å². The van der Waals surface area contributed by atoms with Crippen LogP contribution >= 0.6 is 0 Å². The molecule has 1 fully saturated rings. The van der Waals surface area contributed by atoms with Crippen molar-refractivity contribution in [3.05, 3.63) is 154 Å². The lowest BCUT2D eigenvalue weighted by atomic mass is 9.89. The van der Waals surface area contributed by atoms with Crippen LogP contribution in [0.5, 0.6) is 0 Å². The highest BCUT2D eigenvalue weighted by atomic mass is 16.7. The minimum atomic E-state index is -1.18. The molecule has 0 bridgehead atoms. The van der Waals surface area contributed by atoms with Crippen molar-refractivity contribution in [3.8, 4) is 0 Å². The van der Waals surface area contributed by atoms with Crippen molar-refractivity contribution in [3.63, 3.8) is 0 Å². The molecule has 0 saturated carbocycles. The zero-order chi connectivity index (χ0) is 27.6. The largest absolute Gasteiger partial charge is 0.374 e. The van der Waals surface area contributed by atoms with Crippen molar-refractivity contribution in [2.75, 3.05) is 6.61 Å². The second-order valence-electron chi connectivity index (χ2n) is 9.80. The molecule has 5 rings (SSSR count). The van der Waals surface area contributed by atoms with E-state index >= 15 is 0 Å². The average molecular weight is 540 g/mol. The Labute approximate surface area is 234 Å². The van der Waals surface area contributed by atoms with Crippen molar-refractivity contribution in [1.82, 2.24) is 0 Å². The third-order valence-corrected chi connectivity index (χ3v) is 6.99. The Bertz CT molecular complexity index is 1310. The van der Waals surface area contributed by atoms with Gasteiger partial charge < -0.3 is 18.9 Å². The molecule has 1 heterocycles. The lowest BCUT2D eigenvalue weighted by Gasteiger charge is -2.42. The summed E-state index contributed by atoms with van der Waals surface area (Å²) >= 11 is 0. The first-order valence-corrected chi connectivity index (χ1v) is 13.5. The summed E-state index contributed by atoms with van der Waals surface area (Å²) in [5.41, 5.74) is 3.62. The summed E-state index contributed by atoms with van der Waals surface area (Å²) in [4.78, 5) is 12.3. The van der Waals surface area contributed by atoms with E-state index in [9.17, 15) is 10.1 Å². The van der Waals surface area contributed by atoms with Crippen LogP contribution in [0.25, 0.3) is 0 Å². The monoisotopic (exact) mass is 539 g/mol. The van der Waals surface area contributed by atoms with Gasteiger partial charge in [0.2, 0.25) is 0 Å². The fourth-order valence-corrected chi connectivity index (χ4v) is 5.00. The zero-order valence-corrected chi connectivity index (χ0v) is 22.2. The van der Waals surface area contributed by atoms with Gasteiger partial charge in [-0.05, 0) is 22.3 Å². The molecule has 0 aliphatic carbocycles. The molecule has 0 aromatic heterocycles. The standard InChI is InChI=1S/C33H33NO6/c35-34(36)30-31(28-19-11-4-12-20-28)40-29(24-37-21-25-13-5-1-6-14-25)32(38-22-26-15-7-2-8-16-26)33(30)39-23-27-17-9-3-10-18-27/h1-20,29-33H,21-24H2/t29-,30+,31-,32+,33-/m1/s1. The maximum Gasteiger partial charge on any atom is 0.271 e. The van der Waals surface area contributed by atoms with E-state index in [1.165, 1.54) is 0 Å². The lowest BCUT2D eigenvalue weighted by molar-refractivity contribution is -0.563. The molecular weight excluding hydrogens is 506 g/mol. The van der Waals surface area contributed by atoms with Crippen LogP contribution in [-0.4, -0.2) is 35.9 Å². The number of ether oxygens (including phenoxy) is 4. The molecule has 5 atom stereocenters. The first-order valence-electron chi connectivity index (χ1n) is 13.5. The summed E-state index contributed by atoms with van der Waals surface area (Å²) in [5, 5.41) is 12.6. The van der Waals surface area contributed by atoms with Gasteiger partial charge in [0.1, 0.15) is 12.2 Å². The molecule has 7 heteroatoms. The average Bonchev–Trinajstić information content (AvgIpc) is 3.01. The summed E-state index contributed by atoms with van der Waals surface area (Å²) in [6.07, 6.45) is -3.06. The summed E-state index contributed by atoms with van der Waals surface area (Å²) in [6.45, 7) is 1.04. The molecule has 1 saturated heterocycles. The molecule has 0 unspecified atom stereocenters. The molecule has 40 heavy (non-hydrogen) atoms. The number of nitrogens with zero attached hydrogens (tertiary/aromatic N) is 1. The molecule has 206 valence electrons. The van der Waals surface area contributed by atoms with Crippen molar-refractivity contribution < 1.29 is 23.9 Å². The molecular formula is C33H33NO6. The van der Waals surface area contributed by atoms with Gasteiger partial charge in [-0.25, -0.2) is 0 Å². The maximum atomic E-state index is 12.6. The van der Waals surface area contributed by atoms with E-state index in [-0.39, 0.29) is 24.7 Å². The van der Waals surface area contributed by atoms with E-state index in [0.29, 0.717) is 12.2 Å². The van der Waals surface area contributed by atoms with Gasteiger partial charge in [0.25, 0.3) is 6.04 Å². The molecule has 0 spiro atoms. The molecule has 4 aromatic rings. The molecule has 1 aliphatic heterocycles. The van der Waals surface area contributed by atoms with E-state index in [0.717, 1.165) is 16.7 Å². The van der Waals surface area contributed by atoms with Crippen LogP contribution in [0.4, 0.5) is 0 Å². The Morgan fingerprint density at radius 1 is 0.625 bits per heavy atom. The van der Waals surface area contributed by atoms with E-state index in [2.05, 4.69) is 0 Å². The zero-order valence-electron chi connectivity index (χ0n) is 22.2. The fourth-order valence-electron chi connectivity index (χ4n) is 5.00. The van der Waals surface area contributed by atoms with Crippen molar-refractivity contribution in [2.45, 2.75) is 50.3 Å². The van der Waals surface area contributed by atoms with Gasteiger partial charge in [0.05, 0.1) is 26.4 Å². The van der Waals surface area contributed by atoms with Crippen molar-refractivity contribution in [1.29, 1.82) is 0 Å². The topological polar surface area (TPSA) is 80.1 Å². The molecule has 4 aromatic carbocycles. The number of benzene rings is 4. The van der Waals surface area contributed by atoms with E-state index in [1.807, 2.05) is 121 Å². The van der Waals surface area contributed by atoms with Gasteiger partial charge in [-0.2, -0.15) is 0 Å². The summed E-state index contributed by atoms with van der Waals surface area (Å²) in [7, 11) is 0. The van der Waals surface area contributed by atoms with Crippen LogP contribution in [0.3, 0.4) is 0 Å². The van der Waals surface area contributed by atoms with Crippen molar-refractivity contribution >= 4 is 0 Å². The third kappa shape index (κ3) is 7.20. The van der Waals surface area contributed by atoms with Gasteiger partial charge in [-0.15, -0.1) is 0 Å². The van der Waals surface area contributed by atoms with Gasteiger partial charge in [0, 0.05) is 4.92 Å². The van der Waals surface area contributed by atoms with Gasteiger partial charge in [-0.3, -0.25) is 10.1 Å². The van der Waals surface area contributed by atoms with Gasteiger partial charge >= 0.3 is 0 Å². The maximum absolute atomic E-state index is 12.6. The Kier molecular flexibility index (Phi) is 9.66. The lowest BCUT2D eigenvalue weighted by Crippen LogP contribution is -2.59. The first-order chi connectivity index (χ1) is 19.7. The van der Waals surface area contributed by atoms with E-state index in [1.54, 1.807) is 0 Å². The highest BCUT2D eigenvalue weighted by Gasteiger charge is 2.54. The number of hydrogen-bond acceptors (Lipinski definition) is 6. The Balaban J connectivity index is 1.45. The quantitative estimate of drug-likeness (QED) is 0.158. The second kappa shape index (κ2) is 14.0. The minimum absolute atomic E-state index is 0.188. The van der Waals surface area contributed by atoms with Gasteiger partial charge in [0.15, 0.2) is 12.2 Å². The predicted octanol–water partition coefficient (Wildman–Crippen LogP) is 6.16. The minimum Gasteiger partial charge on any atom is -0.374 e. The highest BCUT2D eigenvalue weighted by Crippen LogP contribution is 2.37. The van der Waals surface area contributed by atoms with Crippen LogP contribution in [-0.2, 0) is 38.8 Å². The summed E-state index contributed by atoms with van der Waals surface area (Å²) < 4.78 is 25.4. The molecule has 0 amide bonds. The van der Waals surface area contributed by atoms with E-state index in [4.69, 9.17) is 18.9 Å². The number of hydrogen-bond donors (Lipinski definition) is 0. The van der Waals surface area contributed by atoms with Crippen LogP contribution in [0.1, 0.15) is 28.4 Å². The fraction of sp³-hybridized carbons (Fsp3) is 0.273. The predicted molar refractivity (Wildman–Crippen MR) is 151 cm³/mol. The highest BCUT2D eigenvalue weighted by molar-refractivity contribution is 5.21. The Morgan fingerprint density at radius 3 is 1.57 bits per heavy atom. The molecule has 0 radical (unpaired) electrons. The molecule has 0 N–H and O–H groups in total.